The molecule has 0 radical (unpaired) electrons. The van der Waals surface area contributed by atoms with E-state index in [4.69, 9.17) is 4.74 Å². The third-order valence-corrected chi connectivity index (χ3v) is 7.68. The fourth-order valence-electron chi connectivity index (χ4n) is 5.52. The molecule has 5 amide bonds. The van der Waals surface area contributed by atoms with E-state index in [0.717, 1.165) is 47.7 Å². The molecule has 11 heteroatoms. The van der Waals surface area contributed by atoms with Crippen LogP contribution in [0.4, 0.5) is 0 Å². The number of benzene rings is 2. The number of esters is 1. The standard InChI is InChI=1S/C30H32N4O7/c35-25(18-32-15-7-2-8-16-32)31-23(17-20-9-3-1-4-10-20)30(40)41-19-33-26(36)14-13-24(29(33)39)34-27(37)21-11-5-6-12-22(21)28(34)38/h1,3-6,9-12,23-24H,2,7-8,13-19H2,(H,31,35)/t23-,24?/m0/s1. The maximum absolute atomic E-state index is 13.3. The quantitative estimate of drug-likeness (QED) is 0.361. The van der Waals surface area contributed by atoms with Gasteiger partial charge in [-0.1, -0.05) is 48.9 Å². The van der Waals surface area contributed by atoms with Gasteiger partial charge in [-0.05, 0) is 50.0 Å². The lowest BCUT2D eigenvalue weighted by Crippen LogP contribution is -2.57. The third-order valence-electron chi connectivity index (χ3n) is 7.68. The van der Waals surface area contributed by atoms with Crippen LogP contribution in [0.3, 0.4) is 0 Å². The molecule has 11 nitrogen and oxygen atoms in total. The Morgan fingerprint density at radius 2 is 1.51 bits per heavy atom. The number of imide groups is 2. The van der Waals surface area contributed by atoms with Gasteiger partial charge in [0.25, 0.3) is 17.7 Å². The van der Waals surface area contributed by atoms with Crippen molar-refractivity contribution >= 4 is 35.5 Å². The van der Waals surface area contributed by atoms with Crippen LogP contribution in [0, 0.1) is 0 Å². The van der Waals surface area contributed by atoms with Crippen LogP contribution in [0.5, 0.6) is 0 Å². The van der Waals surface area contributed by atoms with Gasteiger partial charge in [-0.25, -0.2) is 9.69 Å². The van der Waals surface area contributed by atoms with E-state index in [1.54, 1.807) is 12.1 Å². The Hall–Kier alpha value is -4.38. The zero-order valence-corrected chi connectivity index (χ0v) is 22.6. The highest BCUT2D eigenvalue weighted by molar-refractivity contribution is 6.23. The van der Waals surface area contributed by atoms with Crippen molar-refractivity contribution in [3.8, 4) is 0 Å². The number of amides is 5. The maximum atomic E-state index is 13.3. The zero-order chi connectivity index (χ0) is 28.9. The Kier molecular flexibility index (Phi) is 8.53. The van der Waals surface area contributed by atoms with Crippen molar-refractivity contribution in [1.82, 2.24) is 20.0 Å². The molecule has 3 aliphatic heterocycles. The minimum atomic E-state index is -1.19. The van der Waals surface area contributed by atoms with Gasteiger partial charge in [0.2, 0.25) is 11.8 Å². The van der Waals surface area contributed by atoms with E-state index in [1.165, 1.54) is 12.1 Å². The lowest BCUT2D eigenvalue weighted by Gasteiger charge is -2.34. The van der Waals surface area contributed by atoms with Crippen molar-refractivity contribution in [1.29, 1.82) is 0 Å². The highest BCUT2D eigenvalue weighted by Crippen LogP contribution is 2.29. The average molecular weight is 561 g/mol. The van der Waals surface area contributed by atoms with Gasteiger partial charge in [0.1, 0.15) is 12.1 Å². The molecule has 2 saturated heterocycles. The van der Waals surface area contributed by atoms with E-state index in [0.29, 0.717) is 0 Å². The van der Waals surface area contributed by atoms with E-state index < -0.39 is 48.4 Å². The topological polar surface area (TPSA) is 133 Å². The fourth-order valence-corrected chi connectivity index (χ4v) is 5.52. The molecular weight excluding hydrogens is 528 g/mol. The predicted octanol–water partition coefficient (Wildman–Crippen LogP) is 1.51. The molecular formula is C30H32N4O7. The molecule has 0 aliphatic carbocycles. The molecule has 1 unspecified atom stereocenters. The van der Waals surface area contributed by atoms with E-state index >= 15 is 0 Å². The lowest BCUT2D eigenvalue weighted by molar-refractivity contribution is -0.165. The van der Waals surface area contributed by atoms with Crippen LogP contribution in [0.1, 0.15) is 58.4 Å². The number of rotatable bonds is 9. The number of nitrogens with one attached hydrogen (secondary N) is 1. The number of piperidine rings is 2. The summed E-state index contributed by atoms with van der Waals surface area (Å²) in [7, 11) is 0. The first kappa shape index (κ1) is 28.2. The van der Waals surface area contributed by atoms with Crippen molar-refractivity contribution in [3.63, 3.8) is 0 Å². The summed E-state index contributed by atoms with van der Waals surface area (Å²) in [6.45, 7) is 1.09. The fraction of sp³-hybridized carbons (Fsp3) is 0.400. The highest BCUT2D eigenvalue weighted by Gasteiger charge is 2.47. The van der Waals surface area contributed by atoms with Crippen LogP contribution in [0.15, 0.2) is 54.6 Å². The second kappa shape index (κ2) is 12.4. The van der Waals surface area contributed by atoms with Crippen LogP contribution in [-0.4, -0.2) is 88.7 Å². The van der Waals surface area contributed by atoms with Gasteiger partial charge in [-0.3, -0.25) is 33.8 Å². The smallest absolute Gasteiger partial charge is 0.330 e. The lowest BCUT2D eigenvalue weighted by atomic mass is 10.0. The Bertz CT molecular complexity index is 1320. The van der Waals surface area contributed by atoms with Crippen molar-refractivity contribution in [3.05, 3.63) is 71.3 Å². The number of hydrogen-bond donors (Lipinski definition) is 1. The van der Waals surface area contributed by atoms with Crippen LogP contribution in [0.2, 0.25) is 0 Å². The average Bonchev–Trinajstić information content (AvgIpc) is 3.23. The third kappa shape index (κ3) is 6.19. The van der Waals surface area contributed by atoms with Crippen LogP contribution in [0.25, 0.3) is 0 Å². The zero-order valence-electron chi connectivity index (χ0n) is 22.6. The number of fused-ring (bicyclic) bond motifs is 1. The highest BCUT2D eigenvalue weighted by atomic mass is 16.5. The molecule has 3 aliphatic rings. The summed E-state index contributed by atoms with van der Waals surface area (Å²) in [5.74, 6) is -3.70. The molecule has 0 aromatic heterocycles. The molecule has 2 atom stereocenters. The van der Waals surface area contributed by atoms with Gasteiger partial charge in [-0.2, -0.15) is 0 Å². The van der Waals surface area contributed by atoms with Gasteiger partial charge in [-0.15, -0.1) is 0 Å². The van der Waals surface area contributed by atoms with E-state index in [9.17, 15) is 28.8 Å². The van der Waals surface area contributed by atoms with E-state index in [2.05, 4.69) is 5.32 Å². The first-order chi connectivity index (χ1) is 19.8. The molecule has 2 fully saturated rings. The van der Waals surface area contributed by atoms with Crippen LogP contribution in [-0.2, 0) is 30.3 Å². The van der Waals surface area contributed by atoms with Crippen molar-refractivity contribution in [2.24, 2.45) is 0 Å². The first-order valence-corrected chi connectivity index (χ1v) is 13.9. The van der Waals surface area contributed by atoms with Gasteiger partial charge in [0.05, 0.1) is 17.7 Å². The Labute approximate surface area is 237 Å². The molecule has 3 heterocycles. The molecule has 2 aromatic rings. The van der Waals surface area contributed by atoms with Gasteiger partial charge < -0.3 is 10.1 Å². The molecule has 41 heavy (non-hydrogen) atoms. The number of nitrogens with zero attached hydrogens (tertiary/aromatic N) is 3. The van der Waals surface area contributed by atoms with Crippen molar-refractivity contribution in [2.75, 3.05) is 26.4 Å². The molecule has 214 valence electrons. The van der Waals surface area contributed by atoms with Crippen LogP contribution < -0.4 is 5.32 Å². The summed E-state index contributed by atoms with van der Waals surface area (Å²) < 4.78 is 5.40. The number of ether oxygens (including phenoxy) is 1. The summed E-state index contributed by atoms with van der Waals surface area (Å²) in [6.07, 6.45) is 3.19. The van der Waals surface area contributed by atoms with E-state index in [-0.39, 0.29) is 42.8 Å². The second-order valence-electron chi connectivity index (χ2n) is 10.5. The van der Waals surface area contributed by atoms with Crippen molar-refractivity contribution in [2.45, 2.75) is 50.6 Å². The summed E-state index contributed by atoms with van der Waals surface area (Å²) in [6, 6.07) is 13.2. The Balaban J connectivity index is 1.25. The monoisotopic (exact) mass is 560 g/mol. The van der Waals surface area contributed by atoms with Crippen molar-refractivity contribution < 1.29 is 33.5 Å². The molecule has 0 spiro atoms. The number of hydrogen-bond acceptors (Lipinski definition) is 8. The molecule has 0 bridgehead atoms. The second-order valence-corrected chi connectivity index (χ2v) is 10.5. The first-order valence-electron chi connectivity index (χ1n) is 13.9. The Morgan fingerprint density at radius 1 is 0.878 bits per heavy atom. The summed E-state index contributed by atoms with van der Waals surface area (Å²) in [5.41, 5.74) is 1.19. The van der Waals surface area contributed by atoms with E-state index in [1.807, 2.05) is 35.2 Å². The molecule has 1 N–H and O–H groups in total. The number of carbonyl (C=O) groups excluding carboxylic acids is 6. The maximum Gasteiger partial charge on any atom is 0.330 e. The summed E-state index contributed by atoms with van der Waals surface area (Å²) in [4.78, 5) is 81.6. The SMILES string of the molecule is O=C(CN1CCCCC1)N[C@@H](Cc1ccccc1)C(=O)OCN1C(=O)CCC(N2C(=O)c3ccccc3C2=O)C1=O. The minimum absolute atomic E-state index is 0.0171. The van der Waals surface area contributed by atoms with Gasteiger partial charge >= 0.3 is 5.97 Å². The molecule has 0 saturated carbocycles. The van der Waals surface area contributed by atoms with Crippen LogP contribution >= 0.6 is 0 Å². The molecule has 5 rings (SSSR count). The normalized spacial score (nSPS) is 20.1. The Morgan fingerprint density at radius 3 is 2.17 bits per heavy atom. The predicted molar refractivity (Wildman–Crippen MR) is 145 cm³/mol. The number of carbonyl (C=O) groups is 6. The van der Waals surface area contributed by atoms with Gasteiger partial charge in [0.15, 0.2) is 6.73 Å². The summed E-state index contributed by atoms with van der Waals surface area (Å²) >= 11 is 0. The summed E-state index contributed by atoms with van der Waals surface area (Å²) in [5, 5.41) is 2.76. The van der Waals surface area contributed by atoms with Gasteiger partial charge in [0, 0.05) is 12.8 Å². The molecule has 2 aromatic carbocycles. The largest absolute Gasteiger partial charge is 0.442 e. The minimum Gasteiger partial charge on any atom is -0.442 e. The number of likely N-dealkylation sites (tertiary alicyclic amines) is 2.